The number of hydrogen-bond donors (Lipinski definition) is 1. The van der Waals surface area contributed by atoms with Crippen LogP contribution in [-0.4, -0.2) is 11.1 Å². The molecule has 0 heterocycles. The monoisotopic (exact) mass is 609 g/mol. The third-order valence-corrected chi connectivity index (χ3v) is 7.68. The Bertz CT molecular complexity index is 1990. The summed E-state index contributed by atoms with van der Waals surface area (Å²) in [5, 5.41) is 18.0. The van der Waals surface area contributed by atoms with Crippen LogP contribution >= 0.6 is 0 Å². The molecule has 0 saturated heterocycles. The van der Waals surface area contributed by atoms with Gasteiger partial charge in [-0.1, -0.05) is 103 Å². The minimum absolute atomic E-state index is 0.311. The first-order valence-corrected chi connectivity index (χ1v) is 15.2. The molecule has 0 bridgehead atoms. The number of carboxylic acids is 1. The van der Waals surface area contributed by atoms with E-state index < -0.39 is 5.97 Å². The van der Waals surface area contributed by atoms with Crippen molar-refractivity contribution in [2.45, 2.75) is 0 Å². The van der Waals surface area contributed by atoms with Gasteiger partial charge in [0, 0.05) is 34.1 Å². The number of carboxylic acid groups (broad SMARTS) is 1. The molecule has 0 unspecified atom stereocenters. The quantitative estimate of drug-likeness (QED) is 0.0951. The number of allylic oxidation sites excluding steroid dienone is 2. The first kappa shape index (κ1) is 30.4. The highest BCUT2D eigenvalue weighted by molar-refractivity contribution is 5.91. The Kier molecular flexibility index (Phi) is 9.33. The van der Waals surface area contributed by atoms with E-state index in [1.54, 1.807) is 18.2 Å². The largest absolute Gasteiger partial charge is 0.477 e. The Balaban J connectivity index is 1.26. The number of carbonyl (C=O) groups is 1. The number of rotatable bonds is 10. The summed E-state index contributed by atoms with van der Waals surface area (Å²) in [5.41, 5.74) is 9.12. The first-order chi connectivity index (χ1) is 23.1. The molecule has 1 N–H and O–H groups in total. The standard InChI is InChI=1S/C42H31N3O2/c43-31-35(42(46)47)12-10-11-32-19-25-39(26-20-32)45(38-17-8-3-9-18-38)41-29-23-34(24-30-41)33-21-27-40(28-22-33)44(36-13-4-1-5-14-36)37-15-6-2-7-16-37/h1-30H,(H,46,47)/b11-10+,35-12+. The van der Waals surface area contributed by atoms with Crippen LogP contribution in [-0.2, 0) is 4.79 Å². The van der Waals surface area contributed by atoms with E-state index in [1.165, 1.54) is 6.08 Å². The maximum Gasteiger partial charge on any atom is 0.346 e. The van der Waals surface area contributed by atoms with Gasteiger partial charge in [0.1, 0.15) is 11.6 Å². The second-order valence-electron chi connectivity index (χ2n) is 10.7. The molecule has 0 radical (unpaired) electrons. The van der Waals surface area contributed by atoms with E-state index in [0.29, 0.717) is 0 Å². The predicted octanol–water partition coefficient (Wildman–Crippen LogP) is 10.8. The van der Waals surface area contributed by atoms with E-state index in [1.807, 2.05) is 54.6 Å². The molecule has 0 spiro atoms. The number of hydrogen-bond acceptors (Lipinski definition) is 4. The Hall–Kier alpha value is -6.64. The van der Waals surface area contributed by atoms with Crippen molar-refractivity contribution in [1.29, 1.82) is 5.26 Å². The Morgan fingerprint density at radius 1 is 0.511 bits per heavy atom. The van der Waals surface area contributed by atoms with Crippen molar-refractivity contribution >= 4 is 46.2 Å². The van der Waals surface area contributed by atoms with Crippen molar-refractivity contribution in [3.05, 3.63) is 187 Å². The Morgan fingerprint density at radius 2 is 0.851 bits per heavy atom. The number of benzene rings is 6. The van der Waals surface area contributed by atoms with E-state index in [-0.39, 0.29) is 5.57 Å². The molecule has 6 aromatic rings. The summed E-state index contributed by atoms with van der Waals surface area (Å²) in [6, 6.07) is 57.8. The summed E-state index contributed by atoms with van der Waals surface area (Å²) in [6.45, 7) is 0. The van der Waals surface area contributed by atoms with E-state index in [0.717, 1.165) is 50.8 Å². The highest BCUT2D eigenvalue weighted by atomic mass is 16.4. The molecule has 0 aliphatic heterocycles. The van der Waals surface area contributed by atoms with Crippen molar-refractivity contribution in [2.24, 2.45) is 0 Å². The number of nitriles is 1. The zero-order valence-electron chi connectivity index (χ0n) is 25.5. The molecule has 5 nitrogen and oxygen atoms in total. The molecule has 0 atom stereocenters. The Labute approximate surface area is 274 Å². The third kappa shape index (κ3) is 7.20. The summed E-state index contributed by atoms with van der Waals surface area (Å²) in [7, 11) is 0. The van der Waals surface area contributed by atoms with Gasteiger partial charge in [0.05, 0.1) is 0 Å². The zero-order valence-corrected chi connectivity index (χ0v) is 25.5. The van der Waals surface area contributed by atoms with Crippen molar-refractivity contribution in [1.82, 2.24) is 0 Å². The number of para-hydroxylation sites is 3. The molecular weight excluding hydrogens is 578 g/mol. The van der Waals surface area contributed by atoms with Crippen LogP contribution in [0, 0.1) is 11.3 Å². The average molecular weight is 610 g/mol. The van der Waals surface area contributed by atoms with Crippen molar-refractivity contribution in [3.8, 4) is 17.2 Å². The molecule has 0 aliphatic carbocycles. The van der Waals surface area contributed by atoms with Gasteiger partial charge in [-0.15, -0.1) is 0 Å². The average Bonchev–Trinajstić information content (AvgIpc) is 3.13. The summed E-state index contributed by atoms with van der Waals surface area (Å²) in [6.07, 6.45) is 4.64. The maximum absolute atomic E-state index is 11.1. The van der Waals surface area contributed by atoms with Crippen LogP contribution in [0.2, 0.25) is 0 Å². The smallest absolute Gasteiger partial charge is 0.346 e. The van der Waals surface area contributed by atoms with Crippen LogP contribution in [0.15, 0.2) is 182 Å². The van der Waals surface area contributed by atoms with Crippen LogP contribution < -0.4 is 9.80 Å². The lowest BCUT2D eigenvalue weighted by Gasteiger charge is -2.26. The van der Waals surface area contributed by atoms with E-state index >= 15 is 0 Å². The van der Waals surface area contributed by atoms with Crippen LogP contribution in [0.4, 0.5) is 34.1 Å². The van der Waals surface area contributed by atoms with Gasteiger partial charge < -0.3 is 14.9 Å². The normalized spacial score (nSPS) is 11.2. The zero-order chi connectivity index (χ0) is 32.4. The fourth-order valence-electron chi connectivity index (χ4n) is 5.38. The predicted molar refractivity (Wildman–Crippen MR) is 192 cm³/mol. The van der Waals surface area contributed by atoms with Crippen molar-refractivity contribution in [2.75, 3.05) is 9.80 Å². The van der Waals surface area contributed by atoms with E-state index in [9.17, 15) is 4.79 Å². The van der Waals surface area contributed by atoms with Gasteiger partial charge in [-0.3, -0.25) is 0 Å². The molecule has 0 fully saturated rings. The molecule has 0 aliphatic rings. The van der Waals surface area contributed by atoms with Gasteiger partial charge in [0.15, 0.2) is 0 Å². The van der Waals surface area contributed by atoms with Crippen LogP contribution in [0.5, 0.6) is 0 Å². The third-order valence-electron chi connectivity index (χ3n) is 7.68. The lowest BCUT2D eigenvalue weighted by molar-refractivity contribution is -0.132. The number of nitrogens with zero attached hydrogens (tertiary/aromatic N) is 3. The fraction of sp³-hybridized carbons (Fsp3) is 0. The second kappa shape index (κ2) is 14.4. The summed E-state index contributed by atoms with van der Waals surface area (Å²) in [4.78, 5) is 15.5. The summed E-state index contributed by atoms with van der Waals surface area (Å²) >= 11 is 0. The first-order valence-electron chi connectivity index (χ1n) is 15.2. The maximum atomic E-state index is 11.1. The van der Waals surface area contributed by atoms with Crippen LogP contribution in [0.1, 0.15) is 5.56 Å². The highest BCUT2D eigenvalue weighted by Gasteiger charge is 2.14. The number of aliphatic carboxylic acids is 1. The molecule has 0 amide bonds. The molecule has 0 saturated carbocycles. The van der Waals surface area contributed by atoms with Gasteiger partial charge in [-0.05, 0) is 95.6 Å². The molecule has 0 aromatic heterocycles. The lowest BCUT2D eigenvalue weighted by atomic mass is 10.0. The minimum Gasteiger partial charge on any atom is -0.477 e. The molecule has 6 rings (SSSR count). The number of anilines is 6. The van der Waals surface area contributed by atoms with Crippen LogP contribution in [0.3, 0.4) is 0 Å². The topological polar surface area (TPSA) is 67.6 Å². The SMILES string of the molecule is N#C/C(=C\C=C\c1ccc(N(c2ccccc2)c2ccc(-c3ccc(N(c4ccccc4)c4ccccc4)cc3)cc2)cc1)C(=O)O. The van der Waals surface area contributed by atoms with E-state index in [2.05, 4.69) is 119 Å². The molecule has 6 aromatic carbocycles. The van der Waals surface area contributed by atoms with Gasteiger partial charge >= 0.3 is 5.97 Å². The lowest BCUT2D eigenvalue weighted by Crippen LogP contribution is -2.09. The fourth-order valence-corrected chi connectivity index (χ4v) is 5.38. The molecule has 47 heavy (non-hydrogen) atoms. The van der Waals surface area contributed by atoms with Gasteiger partial charge in [0.25, 0.3) is 0 Å². The second-order valence-corrected chi connectivity index (χ2v) is 10.7. The van der Waals surface area contributed by atoms with Crippen molar-refractivity contribution < 1.29 is 9.90 Å². The van der Waals surface area contributed by atoms with Gasteiger partial charge in [0.2, 0.25) is 0 Å². The molecule has 5 heteroatoms. The summed E-state index contributed by atoms with van der Waals surface area (Å²) < 4.78 is 0. The molecular formula is C42H31N3O2. The van der Waals surface area contributed by atoms with Gasteiger partial charge in [-0.2, -0.15) is 5.26 Å². The van der Waals surface area contributed by atoms with Crippen LogP contribution in [0.25, 0.3) is 17.2 Å². The minimum atomic E-state index is -1.24. The molecule has 226 valence electrons. The summed E-state index contributed by atoms with van der Waals surface area (Å²) in [5.74, 6) is -1.24. The highest BCUT2D eigenvalue weighted by Crippen LogP contribution is 2.37. The van der Waals surface area contributed by atoms with E-state index in [4.69, 9.17) is 10.4 Å². The van der Waals surface area contributed by atoms with Gasteiger partial charge in [-0.25, -0.2) is 4.79 Å². The Morgan fingerprint density at radius 3 is 1.19 bits per heavy atom. The van der Waals surface area contributed by atoms with Crippen molar-refractivity contribution in [3.63, 3.8) is 0 Å².